The van der Waals surface area contributed by atoms with Gasteiger partial charge in [-0.15, -0.1) is 0 Å². The zero-order valence-electron chi connectivity index (χ0n) is 19.5. The predicted octanol–water partition coefficient (Wildman–Crippen LogP) is 2.37. The highest BCUT2D eigenvalue weighted by Crippen LogP contribution is 2.53. The van der Waals surface area contributed by atoms with Crippen molar-refractivity contribution >= 4 is 25.6 Å². The van der Waals surface area contributed by atoms with Gasteiger partial charge in [-0.3, -0.25) is 23.4 Å². The summed E-state index contributed by atoms with van der Waals surface area (Å²) in [5.74, 6) is -1.61. The van der Waals surface area contributed by atoms with Crippen LogP contribution in [0.4, 0.5) is 0 Å². The number of carbonyl (C=O) groups is 3. The van der Waals surface area contributed by atoms with E-state index in [-0.39, 0.29) is 26.2 Å². The molecule has 0 spiro atoms. The molecule has 1 saturated heterocycles. The molecule has 1 heterocycles. The van der Waals surface area contributed by atoms with Gasteiger partial charge in [0.15, 0.2) is 6.10 Å². The largest absolute Gasteiger partial charge is 0.469 e. The summed E-state index contributed by atoms with van der Waals surface area (Å²) in [5, 5.41) is 5.12. The minimum atomic E-state index is -3.96. The SMILES string of the molecule is COC(=O)CCNC(=O)[C@@H]1OP(=O)(N[C@@H](C)C(=O)OCCCc2ccccc2)OCC1(C)C. The summed E-state index contributed by atoms with van der Waals surface area (Å²) in [7, 11) is -2.70. The van der Waals surface area contributed by atoms with Crippen molar-refractivity contribution in [3.63, 3.8) is 0 Å². The van der Waals surface area contributed by atoms with Crippen LogP contribution in [0, 0.1) is 5.41 Å². The highest BCUT2D eigenvalue weighted by atomic mass is 31.2. The Hall–Kier alpha value is -2.26. The Morgan fingerprint density at radius 1 is 1.24 bits per heavy atom. The maximum Gasteiger partial charge on any atom is 0.407 e. The van der Waals surface area contributed by atoms with E-state index in [2.05, 4.69) is 15.1 Å². The molecular weight excluding hydrogens is 451 g/mol. The van der Waals surface area contributed by atoms with Crippen molar-refractivity contribution in [2.24, 2.45) is 5.41 Å². The van der Waals surface area contributed by atoms with Gasteiger partial charge < -0.3 is 14.8 Å². The van der Waals surface area contributed by atoms with E-state index in [4.69, 9.17) is 13.8 Å². The van der Waals surface area contributed by atoms with E-state index in [9.17, 15) is 18.9 Å². The lowest BCUT2D eigenvalue weighted by Crippen LogP contribution is -2.51. The first-order chi connectivity index (χ1) is 15.6. The van der Waals surface area contributed by atoms with Crippen molar-refractivity contribution in [2.45, 2.75) is 52.2 Å². The summed E-state index contributed by atoms with van der Waals surface area (Å²) >= 11 is 0. The normalized spacial score (nSPS) is 22.7. The van der Waals surface area contributed by atoms with Crippen LogP contribution in [0.3, 0.4) is 0 Å². The van der Waals surface area contributed by atoms with Crippen LogP contribution in [0.25, 0.3) is 0 Å². The number of amides is 1. The molecule has 0 aromatic heterocycles. The number of ether oxygens (including phenoxy) is 2. The zero-order valence-corrected chi connectivity index (χ0v) is 20.4. The Morgan fingerprint density at radius 3 is 2.61 bits per heavy atom. The third-order valence-corrected chi connectivity index (χ3v) is 6.72. The summed E-state index contributed by atoms with van der Waals surface area (Å²) in [6.07, 6.45) is 0.295. The average molecular weight is 484 g/mol. The van der Waals surface area contributed by atoms with Gasteiger partial charge in [0, 0.05) is 12.0 Å². The van der Waals surface area contributed by atoms with E-state index >= 15 is 0 Å². The lowest BCUT2D eigenvalue weighted by molar-refractivity contribution is -0.145. The Kier molecular flexibility index (Phi) is 10.0. The van der Waals surface area contributed by atoms with Gasteiger partial charge in [0.2, 0.25) is 5.91 Å². The molecule has 3 atom stereocenters. The molecule has 33 heavy (non-hydrogen) atoms. The number of benzene rings is 1. The topological polar surface area (TPSA) is 129 Å². The molecule has 2 N–H and O–H groups in total. The molecule has 0 saturated carbocycles. The summed E-state index contributed by atoms with van der Waals surface area (Å²) in [5.41, 5.74) is 0.359. The molecule has 0 aliphatic carbocycles. The summed E-state index contributed by atoms with van der Waals surface area (Å²) in [4.78, 5) is 36.1. The second-order valence-electron chi connectivity index (χ2n) is 8.47. The number of rotatable bonds is 11. The van der Waals surface area contributed by atoms with Crippen molar-refractivity contribution < 1.29 is 37.5 Å². The minimum Gasteiger partial charge on any atom is -0.469 e. The number of carbonyl (C=O) groups excluding carboxylic acids is 3. The molecule has 1 aromatic rings. The van der Waals surface area contributed by atoms with Crippen LogP contribution in [0.15, 0.2) is 30.3 Å². The summed E-state index contributed by atoms with van der Waals surface area (Å²) in [6.45, 7) is 5.16. The quantitative estimate of drug-likeness (QED) is 0.276. The van der Waals surface area contributed by atoms with Gasteiger partial charge in [0.1, 0.15) is 6.04 Å². The van der Waals surface area contributed by atoms with Crippen LogP contribution in [0.2, 0.25) is 0 Å². The first-order valence-electron chi connectivity index (χ1n) is 10.8. The van der Waals surface area contributed by atoms with Crippen molar-refractivity contribution in [1.29, 1.82) is 0 Å². The van der Waals surface area contributed by atoms with Crippen LogP contribution in [-0.2, 0) is 43.9 Å². The summed E-state index contributed by atoms with van der Waals surface area (Å²) < 4.78 is 33.8. The van der Waals surface area contributed by atoms with E-state index in [1.165, 1.54) is 14.0 Å². The lowest BCUT2D eigenvalue weighted by Gasteiger charge is -2.40. The van der Waals surface area contributed by atoms with Gasteiger partial charge in [-0.1, -0.05) is 44.2 Å². The van der Waals surface area contributed by atoms with Crippen molar-refractivity contribution in [1.82, 2.24) is 10.4 Å². The van der Waals surface area contributed by atoms with Crippen LogP contribution >= 0.6 is 7.75 Å². The highest BCUT2D eigenvalue weighted by molar-refractivity contribution is 7.51. The van der Waals surface area contributed by atoms with Crippen LogP contribution < -0.4 is 10.4 Å². The van der Waals surface area contributed by atoms with E-state index < -0.39 is 43.2 Å². The fraction of sp³-hybridized carbons (Fsp3) is 0.591. The number of hydrogen-bond acceptors (Lipinski definition) is 8. The monoisotopic (exact) mass is 484 g/mol. The van der Waals surface area contributed by atoms with Gasteiger partial charge >= 0.3 is 19.7 Å². The molecule has 1 amide bonds. The van der Waals surface area contributed by atoms with E-state index in [1.54, 1.807) is 13.8 Å². The maximum absolute atomic E-state index is 13.1. The predicted molar refractivity (Wildman–Crippen MR) is 120 cm³/mol. The van der Waals surface area contributed by atoms with Crippen molar-refractivity contribution in [3.05, 3.63) is 35.9 Å². The zero-order chi connectivity index (χ0) is 24.5. The maximum atomic E-state index is 13.1. The summed E-state index contributed by atoms with van der Waals surface area (Å²) in [6, 6.07) is 8.85. The third kappa shape index (κ3) is 8.55. The molecule has 0 radical (unpaired) electrons. The Bertz CT molecular complexity index is 861. The van der Waals surface area contributed by atoms with Gasteiger partial charge in [-0.2, -0.15) is 0 Å². The number of hydrogen-bond donors (Lipinski definition) is 2. The van der Waals surface area contributed by atoms with E-state index in [0.29, 0.717) is 6.42 Å². The molecule has 1 aliphatic rings. The molecule has 1 aliphatic heterocycles. The molecule has 10 nitrogen and oxygen atoms in total. The smallest absolute Gasteiger partial charge is 0.407 e. The Labute approximate surface area is 194 Å². The van der Waals surface area contributed by atoms with Crippen LogP contribution in [0.5, 0.6) is 0 Å². The number of esters is 2. The van der Waals surface area contributed by atoms with Gasteiger partial charge in [-0.05, 0) is 25.3 Å². The van der Waals surface area contributed by atoms with Crippen LogP contribution in [0.1, 0.15) is 39.2 Å². The molecular formula is C22H33N2O8P. The van der Waals surface area contributed by atoms with Gasteiger partial charge in [0.05, 0.1) is 26.7 Å². The second-order valence-corrected chi connectivity index (χ2v) is 10.2. The van der Waals surface area contributed by atoms with Crippen LogP contribution in [-0.4, -0.2) is 56.9 Å². The van der Waals surface area contributed by atoms with Crippen molar-refractivity contribution in [2.75, 3.05) is 26.9 Å². The Balaban J connectivity index is 1.84. The molecule has 11 heteroatoms. The average Bonchev–Trinajstić information content (AvgIpc) is 2.78. The van der Waals surface area contributed by atoms with E-state index in [1.807, 2.05) is 30.3 Å². The molecule has 2 rings (SSSR count). The molecule has 1 aromatic carbocycles. The Morgan fingerprint density at radius 2 is 1.94 bits per heavy atom. The van der Waals surface area contributed by atoms with E-state index in [0.717, 1.165) is 12.0 Å². The van der Waals surface area contributed by atoms with Gasteiger partial charge in [0.25, 0.3) is 0 Å². The lowest BCUT2D eigenvalue weighted by atomic mass is 9.87. The second kappa shape index (κ2) is 12.3. The molecule has 1 unspecified atom stereocenters. The number of nitrogens with one attached hydrogen (secondary N) is 2. The van der Waals surface area contributed by atoms with Gasteiger partial charge in [-0.25, -0.2) is 9.65 Å². The fourth-order valence-electron chi connectivity index (χ4n) is 3.10. The third-order valence-electron chi connectivity index (χ3n) is 5.06. The molecule has 1 fully saturated rings. The van der Waals surface area contributed by atoms with Crippen molar-refractivity contribution in [3.8, 4) is 0 Å². The highest BCUT2D eigenvalue weighted by Gasteiger charge is 2.48. The first kappa shape index (κ1) is 27.0. The standard InChI is InChI=1S/C22H33N2O8P/c1-16(21(27)30-14-8-11-17-9-6-5-7-10-17)24-33(28)31-15-22(2,3)19(32-33)20(26)23-13-12-18(25)29-4/h5-7,9-10,16,19H,8,11-15H2,1-4H3,(H,23,26)(H,24,28)/t16-,19-,33?/m0/s1. The number of aryl methyl sites for hydroxylation is 1. The molecule has 184 valence electrons. The number of methoxy groups -OCH3 is 1. The fourth-order valence-corrected chi connectivity index (χ4v) is 5.04. The minimum absolute atomic E-state index is 0.00501. The molecule has 0 bridgehead atoms. The first-order valence-corrected chi connectivity index (χ1v) is 12.4.